The van der Waals surface area contributed by atoms with Crippen molar-refractivity contribution in [2.75, 3.05) is 11.5 Å². The van der Waals surface area contributed by atoms with E-state index in [9.17, 15) is 9.18 Å². The van der Waals surface area contributed by atoms with Gasteiger partial charge in [0, 0.05) is 17.6 Å². The average Bonchev–Trinajstić information content (AvgIpc) is 2.76. The molecule has 1 aliphatic rings. The number of rotatable bonds is 6. The molecule has 23 heavy (non-hydrogen) atoms. The number of carbonyl (C=O) groups excluding carboxylic acids is 1. The summed E-state index contributed by atoms with van der Waals surface area (Å²) in [5, 5.41) is 0. The third-order valence-electron chi connectivity index (χ3n) is 3.16. The fraction of sp³-hybridized carbons (Fsp3) is 0.500. The number of urea groups is 1. The van der Waals surface area contributed by atoms with Crippen LogP contribution in [0.3, 0.4) is 0 Å². The van der Waals surface area contributed by atoms with Crippen LogP contribution in [0.5, 0.6) is 5.75 Å². The Morgan fingerprint density at radius 3 is 2.48 bits per heavy atom. The van der Waals surface area contributed by atoms with Crippen molar-refractivity contribution >= 4 is 46.9 Å². The third kappa shape index (κ3) is 4.56. The van der Waals surface area contributed by atoms with Gasteiger partial charge in [-0.1, -0.05) is 37.0 Å². The van der Waals surface area contributed by atoms with Crippen LogP contribution in [0.2, 0.25) is 0 Å². The summed E-state index contributed by atoms with van der Waals surface area (Å²) in [5.74, 6) is 0.795. The number of carbonyl (C=O) groups is 1. The van der Waals surface area contributed by atoms with Gasteiger partial charge in [-0.15, -0.1) is 0 Å². The van der Waals surface area contributed by atoms with Gasteiger partial charge >= 0.3 is 9.95 Å². The number of hydrogen-bond acceptors (Lipinski definition) is 4. The Kier molecular flexibility index (Phi) is 5.89. The number of anilines is 1. The number of benzene rings is 1. The molecule has 0 aliphatic carbocycles. The van der Waals surface area contributed by atoms with Gasteiger partial charge in [0.1, 0.15) is 11.9 Å². The van der Waals surface area contributed by atoms with E-state index in [1.807, 2.05) is 20.8 Å². The lowest BCUT2D eigenvalue weighted by Crippen LogP contribution is -2.41. The molecule has 5 nitrogen and oxygen atoms in total. The van der Waals surface area contributed by atoms with Gasteiger partial charge in [0.15, 0.2) is 0 Å². The number of amides is 2. The first-order valence-electron chi connectivity index (χ1n) is 7.11. The van der Waals surface area contributed by atoms with Gasteiger partial charge in [-0.05, 0) is 37.1 Å². The molecule has 0 radical (unpaired) electrons. The molecule has 1 unspecified atom stereocenters. The summed E-state index contributed by atoms with van der Waals surface area (Å²) in [6, 6.07) is 6.67. The molecule has 2 rings (SSSR count). The summed E-state index contributed by atoms with van der Waals surface area (Å²) < 4.78 is 17.2. The molecule has 1 fully saturated rings. The summed E-state index contributed by atoms with van der Waals surface area (Å²) >= 11 is 11.1. The number of halogens is 3. The van der Waals surface area contributed by atoms with Crippen molar-refractivity contribution in [1.82, 2.24) is 9.84 Å². The van der Waals surface area contributed by atoms with Crippen LogP contribution in [0.1, 0.15) is 20.8 Å². The summed E-state index contributed by atoms with van der Waals surface area (Å²) in [7, 11) is 0. The maximum atomic E-state index is 13.4. The molecule has 2 amide bonds. The lowest BCUT2D eigenvalue weighted by Gasteiger charge is -2.25. The normalized spacial score (nSPS) is 18.9. The second-order valence-corrected chi connectivity index (χ2v) is 8.02. The number of nitrogens with zero attached hydrogens (tertiary/aromatic N) is 2. The predicted molar refractivity (Wildman–Crippen MR) is 92.2 cm³/mol. The zero-order chi connectivity index (χ0) is 17.2. The topological polar surface area (TPSA) is 44.8 Å². The molecule has 1 N–H and O–H groups in total. The Morgan fingerprint density at radius 2 is 2.00 bits per heavy atom. The second kappa shape index (κ2) is 7.34. The lowest BCUT2D eigenvalue weighted by atomic mass is 10.1. The average molecular weight is 382 g/mol. The van der Waals surface area contributed by atoms with Gasteiger partial charge in [0.05, 0.1) is 6.61 Å². The Hall–Kier alpha value is -0.890. The molecule has 1 saturated heterocycles. The minimum absolute atomic E-state index is 0.0794. The van der Waals surface area contributed by atoms with Gasteiger partial charge < -0.3 is 4.74 Å². The van der Waals surface area contributed by atoms with E-state index in [1.165, 1.54) is 4.90 Å². The van der Waals surface area contributed by atoms with E-state index in [0.29, 0.717) is 30.0 Å². The van der Waals surface area contributed by atoms with Crippen molar-refractivity contribution in [1.29, 1.82) is 0 Å². The third-order valence-corrected chi connectivity index (χ3v) is 4.22. The van der Waals surface area contributed by atoms with Crippen LogP contribution in [0, 0.1) is 5.92 Å². The standard InChI is InChI=1S/C14H18Cl2FN3O2S/c1-4-22-11-7-5-10(6-8-11)19-12(9(2)3)18-20(13(19)21)23-14(15,16)17/h5-9,12,18H,4H2,1-3H3. The second-order valence-electron chi connectivity index (χ2n) is 5.23. The molecule has 1 atom stereocenters. The van der Waals surface area contributed by atoms with Crippen LogP contribution >= 0.6 is 35.1 Å². The lowest BCUT2D eigenvalue weighted by molar-refractivity contribution is 0.235. The SMILES string of the molecule is CCOc1ccc(N2C(=O)N(SC(F)(Cl)Cl)NC2C(C)C)cc1. The number of hydrazine groups is 1. The molecular weight excluding hydrogens is 364 g/mol. The highest BCUT2D eigenvalue weighted by molar-refractivity contribution is 8.01. The van der Waals surface area contributed by atoms with Crippen LogP contribution in [0.15, 0.2) is 24.3 Å². The maximum absolute atomic E-state index is 13.4. The van der Waals surface area contributed by atoms with Crippen LogP contribution < -0.4 is 15.1 Å². The largest absolute Gasteiger partial charge is 0.494 e. The van der Waals surface area contributed by atoms with Crippen LogP contribution in [0.4, 0.5) is 14.9 Å². The zero-order valence-electron chi connectivity index (χ0n) is 12.9. The highest BCUT2D eigenvalue weighted by Crippen LogP contribution is 2.41. The van der Waals surface area contributed by atoms with Gasteiger partial charge in [-0.25, -0.2) is 4.79 Å². The van der Waals surface area contributed by atoms with E-state index in [1.54, 1.807) is 24.3 Å². The molecule has 9 heteroatoms. The summed E-state index contributed by atoms with van der Waals surface area (Å²) in [4.78, 5) is 14.1. The summed E-state index contributed by atoms with van der Waals surface area (Å²) in [6.07, 6.45) is -0.344. The fourth-order valence-corrected chi connectivity index (χ4v) is 3.15. The molecule has 1 aromatic rings. The number of alkyl halides is 3. The van der Waals surface area contributed by atoms with Crippen LogP contribution in [-0.4, -0.2) is 27.1 Å². The first kappa shape index (κ1) is 18.4. The fourth-order valence-electron chi connectivity index (χ4n) is 2.21. The van der Waals surface area contributed by atoms with Crippen molar-refractivity contribution in [3.8, 4) is 5.75 Å². The number of ether oxygens (including phenoxy) is 1. The highest BCUT2D eigenvalue weighted by Gasteiger charge is 2.43. The molecule has 0 aromatic heterocycles. The van der Waals surface area contributed by atoms with Gasteiger partial charge in [0.25, 0.3) is 0 Å². The summed E-state index contributed by atoms with van der Waals surface area (Å²) in [5.41, 5.74) is 3.59. The maximum Gasteiger partial charge on any atom is 0.350 e. The van der Waals surface area contributed by atoms with Gasteiger partial charge in [-0.3, -0.25) is 4.90 Å². The van der Waals surface area contributed by atoms with E-state index >= 15 is 0 Å². The molecule has 128 valence electrons. The van der Waals surface area contributed by atoms with Crippen molar-refractivity contribution in [2.24, 2.45) is 5.92 Å². The minimum Gasteiger partial charge on any atom is -0.494 e. The van der Waals surface area contributed by atoms with Crippen molar-refractivity contribution in [3.63, 3.8) is 0 Å². The van der Waals surface area contributed by atoms with E-state index in [-0.39, 0.29) is 12.1 Å². The number of hydrogen-bond donors (Lipinski definition) is 1. The Balaban J connectivity index is 2.24. The molecule has 0 saturated carbocycles. The quantitative estimate of drug-likeness (QED) is 0.581. The van der Waals surface area contributed by atoms with E-state index in [0.717, 1.165) is 4.41 Å². The monoisotopic (exact) mass is 381 g/mol. The van der Waals surface area contributed by atoms with Crippen molar-refractivity contribution in [2.45, 2.75) is 30.9 Å². The van der Waals surface area contributed by atoms with E-state index < -0.39 is 9.95 Å². The molecule has 1 heterocycles. The van der Waals surface area contributed by atoms with Crippen molar-refractivity contribution in [3.05, 3.63) is 24.3 Å². The van der Waals surface area contributed by atoms with Gasteiger partial charge in [-0.2, -0.15) is 14.2 Å². The van der Waals surface area contributed by atoms with E-state index in [4.69, 9.17) is 27.9 Å². The highest BCUT2D eigenvalue weighted by atomic mass is 35.5. The molecule has 0 spiro atoms. The molecule has 1 aromatic carbocycles. The predicted octanol–water partition coefficient (Wildman–Crippen LogP) is 4.52. The minimum atomic E-state index is -2.60. The first-order chi connectivity index (χ1) is 10.7. The Morgan fingerprint density at radius 1 is 1.39 bits per heavy atom. The Labute approximate surface area is 149 Å². The van der Waals surface area contributed by atoms with Gasteiger partial charge in [0.2, 0.25) is 0 Å². The molecule has 0 bridgehead atoms. The number of nitrogens with one attached hydrogen (secondary N) is 1. The smallest absolute Gasteiger partial charge is 0.350 e. The van der Waals surface area contributed by atoms with Crippen molar-refractivity contribution < 1.29 is 13.9 Å². The first-order valence-corrected chi connectivity index (χ1v) is 8.64. The molecule has 1 aliphatic heterocycles. The zero-order valence-corrected chi connectivity index (χ0v) is 15.3. The van der Waals surface area contributed by atoms with Crippen LogP contribution in [0.25, 0.3) is 0 Å². The summed E-state index contributed by atoms with van der Waals surface area (Å²) in [6.45, 7) is 6.36. The molecular formula is C14H18Cl2FN3O2S. The van der Waals surface area contributed by atoms with Crippen LogP contribution in [-0.2, 0) is 0 Å². The Bertz CT molecular complexity index is 554. The van der Waals surface area contributed by atoms with E-state index in [2.05, 4.69) is 5.43 Å².